The van der Waals surface area contributed by atoms with Crippen LogP contribution in [0.1, 0.15) is 6.92 Å². The van der Waals surface area contributed by atoms with E-state index in [1.807, 2.05) is 7.05 Å². The zero-order chi connectivity index (χ0) is 15.8. The second kappa shape index (κ2) is 20.0. The van der Waals surface area contributed by atoms with E-state index in [1.54, 1.807) is 6.92 Å². The summed E-state index contributed by atoms with van der Waals surface area (Å²) in [4.78, 5) is 12.8. The molecule has 0 aliphatic heterocycles. The van der Waals surface area contributed by atoms with Gasteiger partial charge >= 0.3 is 5.97 Å². The molecule has 0 amide bonds. The Morgan fingerprint density at radius 2 is 1.71 bits per heavy atom. The maximum absolute atomic E-state index is 10.7. The Labute approximate surface area is 143 Å². The highest BCUT2D eigenvalue weighted by molar-refractivity contribution is 6.18. The highest BCUT2D eigenvalue weighted by atomic mass is 35.5. The van der Waals surface area contributed by atoms with Crippen molar-refractivity contribution < 1.29 is 19.4 Å². The van der Waals surface area contributed by atoms with Gasteiger partial charge in [-0.05, 0) is 14.0 Å². The van der Waals surface area contributed by atoms with E-state index in [9.17, 15) is 4.79 Å². The second-order valence-electron chi connectivity index (χ2n) is 3.93. The summed E-state index contributed by atoms with van der Waals surface area (Å²) in [6.45, 7) is 7.60. The van der Waals surface area contributed by atoms with E-state index in [0.29, 0.717) is 23.9 Å². The highest BCUT2D eigenvalue weighted by Gasteiger charge is 2.01. The van der Waals surface area contributed by atoms with Gasteiger partial charge in [0.1, 0.15) is 6.61 Å². The van der Waals surface area contributed by atoms with Gasteiger partial charge in [0.15, 0.2) is 0 Å². The third-order valence-corrected chi connectivity index (χ3v) is 2.32. The van der Waals surface area contributed by atoms with Crippen molar-refractivity contribution in [3.63, 3.8) is 0 Å². The number of carbonyl (C=O) groups is 1. The van der Waals surface area contributed by atoms with Crippen molar-refractivity contribution >= 4 is 41.6 Å². The molecule has 1 N–H and O–H groups in total. The van der Waals surface area contributed by atoms with Gasteiger partial charge in [0.25, 0.3) is 0 Å². The van der Waals surface area contributed by atoms with E-state index < -0.39 is 5.97 Å². The van der Waals surface area contributed by atoms with Crippen molar-refractivity contribution in [3.8, 4) is 0 Å². The summed E-state index contributed by atoms with van der Waals surface area (Å²) in [6.07, 6.45) is 0. The second-order valence-corrected chi connectivity index (χ2v) is 4.69. The lowest BCUT2D eigenvalue weighted by atomic mass is 10.4. The molecule has 0 heterocycles. The first-order chi connectivity index (χ1) is 9.49. The minimum atomic E-state index is -0.414. The van der Waals surface area contributed by atoms with Crippen LogP contribution in [0.2, 0.25) is 0 Å². The summed E-state index contributed by atoms with van der Waals surface area (Å²) in [7, 11) is 2.00. The van der Waals surface area contributed by atoms with Gasteiger partial charge in [-0.25, -0.2) is 4.79 Å². The van der Waals surface area contributed by atoms with Crippen molar-refractivity contribution in [2.24, 2.45) is 0 Å². The highest BCUT2D eigenvalue weighted by Crippen LogP contribution is 1.91. The maximum atomic E-state index is 10.7. The standard InChI is InChI=1S/C8H14O4.C5H11Cl2N.ClH/c1-7(2)8(10)12-6-5-11-4-3-9;1-8(4-2-6)5-3-7;/h9H,1,3-6H2,2H3;2-5H2,1H3;1H. The lowest BCUT2D eigenvalue weighted by molar-refractivity contribution is -0.140. The Balaban J connectivity index is -0.000000317. The average Bonchev–Trinajstić information content (AvgIpc) is 2.39. The molecule has 0 saturated carbocycles. The molecular formula is C13H26Cl3NO4. The summed E-state index contributed by atoms with van der Waals surface area (Å²) in [5.41, 5.74) is 0.372. The molecule has 0 aliphatic rings. The molecule has 0 aromatic carbocycles. The fourth-order valence-electron chi connectivity index (χ4n) is 0.883. The Morgan fingerprint density at radius 1 is 1.19 bits per heavy atom. The van der Waals surface area contributed by atoms with Crippen LogP contribution in [0, 0.1) is 0 Å². The minimum Gasteiger partial charge on any atom is -0.460 e. The number of nitrogens with zero attached hydrogens (tertiary/aromatic N) is 1. The lowest BCUT2D eigenvalue weighted by Crippen LogP contribution is -2.22. The summed E-state index contributed by atoms with van der Waals surface area (Å²) in [5.74, 6) is 0.962. The minimum absolute atomic E-state index is 0. The van der Waals surface area contributed by atoms with Crippen LogP contribution < -0.4 is 0 Å². The Bertz CT molecular complexity index is 250. The van der Waals surface area contributed by atoms with Crippen LogP contribution >= 0.6 is 35.6 Å². The van der Waals surface area contributed by atoms with Crippen LogP contribution in [0.15, 0.2) is 12.2 Å². The quantitative estimate of drug-likeness (QED) is 0.277. The van der Waals surface area contributed by atoms with Gasteiger partial charge in [0, 0.05) is 30.4 Å². The van der Waals surface area contributed by atoms with E-state index in [2.05, 4.69) is 11.5 Å². The maximum Gasteiger partial charge on any atom is 0.333 e. The molecule has 0 unspecified atom stereocenters. The number of alkyl halides is 2. The molecule has 0 rings (SSSR count). The number of halogens is 3. The largest absolute Gasteiger partial charge is 0.460 e. The molecule has 128 valence electrons. The molecule has 0 radical (unpaired) electrons. The zero-order valence-electron chi connectivity index (χ0n) is 12.6. The molecule has 0 saturated heterocycles. The number of carbonyl (C=O) groups excluding carboxylic acids is 1. The molecule has 0 spiro atoms. The number of hydrogen-bond acceptors (Lipinski definition) is 5. The first-order valence-electron chi connectivity index (χ1n) is 6.31. The van der Waals surface area contributed by atoms with Gasteiger partial charge < -0.3 is 19.5 Å². The smallest absolute Gasteiger partial charge is 0.333 e. The number of esters is 1. The van der Waals surface area contributed by atoms with Gasteiger partial charge in [0.05, 0.1) is 19.8 Å². The molecule has 0 aromatic rings. The lowest BCUT2D eigenvalue weighted by Gasteiger charge is -2.11. The topological polar surface area (TPSA) is 59.0 Å². The molecule has 0 aliphatic carbocycles. The molecule has 5 nitrogen and oxygen atoms in total. The molecule has 21 heavy (non-hydrogen) atoms. The van der Waals surface area contributed by atoms with Crippen molar-refractivity contribution in [1.82, 2.24) is 4.90 Å². The molecule has 0 atom stereocenters. The first kappa shape index (κ1) is 25.9. The fourth-order valence-corrected chi connectivity index (χ4v) is 1.46. The third-order valence-electron chi connectivity index (χ3n) is 1.98. The fraction of sp³-hybridized carbons (Fsp3) is 0.769. The summed E-state index contributed by atoms with van der Waals surface area (Å²) < 4.78 is 9.56. The normalized spacial score (nSPS) is 9.43. The monoisotopic (exact) mass is 365 g/mol. The van der Waals surface area contributed by atoms with Gasteiger partial charge in [-0.2, -0.15) is 0 Å². The Morgan fingerprint density at radius 3 is 2.10 bits per heavy atom. The van der Waals surface area contributed by atoms with Crippen LogP contribution in [0.4, 0.5) is 0 Å². The van der Waals surface area contributed by atoms with Crippen molar-refractivity contribution in [3.05, 3.63) is 12.2 Å². The summed E-state index contributed by atoms with van der Waals surface area (Å²) >= 11 is 10.9. The molecular weight excluding hydrogens is 341 g/mol. The van der Waals surface area contributed by atoms with Crippen LogP contribution in [0.5, 0.6) is 0 Å². The summed E-state index contributed by atoms with van der Waals surface area (Å²) in [5, 5.41) is 8.32. The number of aliphatic hydroxyl groups excluding tert-OH is 1. The third kappa shape index (κ3) is 22.4. The van der Waals surface area contributed by atoms with E-state index >= 15 is 0 Å². The van der Waals surface area contributed by atoms with Crippen molar-refractivity contribution in [2.75, 3.05) is 58.3 Å². The van der Waals surface area contributed by atoms with Crippen LogP contribution in [-0.4, -0.2) is 74.3 Å². The number of aliphatic hydroxyl groups is 1. The Hall–Kier alpha value is -0.0400. The van der Waals surface area contributed by atoms with Crippen molar-refractivity contribution in [2.45, 2.75) is 6.92 Å². The van der Waals surface area contributed by atoms with Gasteiger partial charge in [-0.15, -0.1) is 35.6 Å². The van der Waals surface area contributed by atoms with Crippen LogP contribution in [0.25, 0.3) is 0 Å². The molecule has 8 heteroatoms. The SMILES string of the molecule is C=C(C)C(=O)OCCOCCO.CN(CCCl)CCCl.Cl. The van der Waals surface area contributed by atoms with E-state index in [1.165, 1.54) is 0 Å². The average molecular weight is 367 g/mol. The number of ether oxygens (including phenoxy) is 2. The zero-order valence-corrected chi connectivity index (χ0v) is 15.0. The predicted octanol–water partition coefficient (Wildman–Crippen LogP) is 1.93. The predicted molar refractivity (Wildman–Crippen MR) is 89.9 cm³/mol. The van der Waals surface area contributed by atoms with Gasteiger partial charge in [-0.1, -0.05) is 6.58 Å². The first-order valence-corrected chi connectivity index (χ1v) is 7.38. The van der Waals surface area contributed by atoms with Gasteiger partial charge in [0.2, 0.25) is 0 Å². The Kier molecular flexibility index (Phi) is 24.6. The van der Waals surface area contributed by atoms with Crippen molar-refractivity contribution in [1.29, 1.82) is 0 Å². The number of rotatable bonds is 10. The summed E-state index contributed by atoms with van der Waals surface area (Å²) in [6, 6.07) is 0. The molecule has 0 fully saturated rings. The van der Waals surface area contributed by atoms with E-state index in [0.717, 1.165) is 13.1 Å². The van der Waals surface area contributed by atoms with E-state index in [-0.39, 0.29) is 32.2 Å². The van der Waals surface area contributed by atoms with Gasteiger partial charge in [-0.3, -0.25) is 0 Å². The molecule has 0 aromatic heterocycles. The molecule has 0 bridgehead atoms. The van der Waals surface area contributed by atoms with E-state index in [4.69, 9.17) is 37.8 Å². The number of hydrogen-bond donors (Lipinski definition) is 1. The van der Waals surface area contributed by atoms with Crippen LogP contribution in [-0.2, 0) is 14.3 Å². The van der Waals surface area contributed by atoms with Crippen LogP contribution in [0.3, 0.4) is 0 Å².